The van der Waals surface area contributed by atoms with Crippen molar-refractivity contribution in [1.29, 1.82) is 0 Å². The summed E-state index contributed by atoms with van der Waals surface area (Å²) < 4.78 is 44.2. The van der Waals surface area contributed by atoms with Crippen molar-refractivity contribution >= 4 is 10.9 Å². The molecule has 0 amide bonds. The number of fused-ring (bicyclic) bond motifs is 3. The van der Waals surface area contributed by atoms with E-state index in [0.29, 0.717) is 5.69 Å². The van der Waals surface area contributed by atoms with Crippen LogP contribution in [-0.4, -0.2) is 15.7 Å². The molecule has 1 aliphatic rings. The van der Waals surface area contributed by atoms with Crippen molar-refractivity contribution in [2.75, 3.05) is 6.54 Å². The number of aryl methyl sites for hydroxylation is 1. The second kappa shape index (κ2) is 7.67. The Morgan fingerprint density at radius 3 is 2.59 bits per heavy atom. The predicted octanol–water partition coefficient (Wildman–Crippen LogP) is 5.05. The average Bonchev–Trinajstić information content (AvgIpc) is 2.93. The van der Waals surface area contributed by atoms with Crippen molar-refractivity contribution in [3.8, 4) is 16.8 Å². The second-order valence-electron chi connectivity index (χ2n) is 8.11. The highest BCUT2D eigenvalue weighted by Gasteiger charge is 2.34. The average molecular weight is 437 g/mol. The molecule has 0 spiro atoms. The normalized spacial score (nSPS) is 14.4. The molecule has 7 heteroatoms. The summed E-state index contributed by atoms with van der Waals surface area (Å²) in [5, 5.41) is 4.58. The molecular weight excluding hydrogens is 415 g/mol. The molecular formula is C25H22F3N3O. The van der Waals surface area contributed by atoms with E-state index in [4.69, 9.17) is 0 Å². The Balaban J connectivity index is 1.67. The molecule has 2 aromatic carbocycles. The van der Waals surface area contributed by atoms with E-state index in [1.807, 2.05) is 25.2 Å². The molecule has 5 rings (SSSR count). The third-order valence-corrected chi connectivity index (χ3v) is 6.24. The van der Waals surface area contributed by atoms with E-state index in [1.165, 1.54) is 40.1 Å². The maximum atomic E-state index is 13.5. The quantitative estimate of drug-likeness (QED) is 0.477. The van der Waals surface area contributed by atoms with E-state index in [1.54, 1.807) is 12.3 Å². The highest BCUT2D eigenvalue weighted by molar-refractivity contribution is 5.87. The molecule has 1 aliphatic heterocycles. The van der Waals surface area contributed by atoms with E-state index in [2.05, 4.69) is 9.88 Å². The van der Waals surface area contributed by atoms with Gasteiger partial charge < -0.3 is 9.88 Å². The zero-order valence-corrected chi connectivity index (χ0v) is 17.5. The number of hydrogen-bond acceptors (Lipinski definition) is 2. The van der Waals surface area contributed by atoms with Crippen molar-refractivity contribution in [3.05, 3.63) is 88.0 Å². The lowest BCUT2D eigenvalue weighted by Gasteiger charge is -2.14. The van der Waals surface area contributed by atoms with Crippen LogP contribution in [0.25, 0.3) is 27.7 Å². The van der Waals surface area contributed by atoms with Gasteiger partial charge in [-0.3, -0.25) is 9.36 Å². The van der Waals surface area contributed by atoms with Gasteiger partial charge in [0.2, 0.25) is 0 Å². The van der Waals surface area contributed by atoms with Crippen LogP contribution < -0.4 is 10.9 Å². The van der Waals surface area contributed by atoms with E-state index < -0.39 is 17.3 Å². The number of alkyl halides is 3. The summed E-state index contributed by atoms with van der Waals surface area (Å²) in [7, 11) is 2.02. The Labute approximate surface area is 182 Å². The molecule has 0 saturated heterocycles. The standard InChI is InChI=1S/C25H22F3N3O/c1-30-22-9-4-12-29-15-20(22)18-11-10-16(14-23(18)30)31-13-5-7-19(24(31)32)17-6-2-3-8-21(17)25(26,27)28/h2-3,5-8,10-11,13-14,29H,4,9,12,15H2,1H3. The molecule has 0 fully saturated rings. The summed E-state index contributed by atoms with van der Waals surface area (Å²) in [6.45, 7) is 1.78. The van der Waals surface area contributed by atoms with E-state index in [-0.39, 0.29) is 11.1 Å². The Bertz CT molecular complexity index is 1380. The van der Waals surface area contributed by atoms with Crippen LogP contribution >= 0.6 is 0 Å². The zero-order valence-electron chi connectivity index (χ0n) is 17.5. The Morgan fingerprint density at radius 1 is 1.00 bits per heavy atom. The van der Waals surface area contributed by atoms with Crippen LogP contribution in [-0.2, 0) is 26.2 Å². The molecule has 1 N–H and O–H groups in total. The van der Waals surface area contributed by atoms with Gasteiger partial charge in [0, 0.05) is 36.4 Å². The fourth-order valence-electron chi connectivity index (χ4n) is 4.68. The van der Waals surface area contributed by atoms with Crippen molar-refractivity contribution in [3.63, 3.8) is 0 Å². The first kappa shape index (κ1) is 20.6. The minimum atomic E-state index is -4.54. The van der Waals surface area contributed by atoms with Gasteiger partial charge in [0.05, 0.1) is 16.8 Å². The van der Waals surface area contributed by atoms with Crippen LogP contribution in [0.5, 0.6) is 0 Å². The summed E-state index contributed by atoms with van der Waals surface area (Å²) in [4.78, 5) is 13.3. The molecule has 4 aromatic rings. The Morgan fingerprint density at radius 2 is 1.78 bits per heavy atom. The fourth-order valence-corrected chi connectivity index (χ4v) is 4.68. The largest absolute Gasteiger partial charge is 0.417 e. The molecule has 0 radical (unpaired) electrons. The number of rotatable bonds is 2. The summed E-state index contributed by atoms with van der Waals surface area (Å²) in [5.41, 5.74) is 2.78. The lowest BCUT2D eigenvalue weighted by molar-refractivity contribution is -0.137. The molecule has 0 unspecified atom stereocenters. The lowest BCUT2D eigenvalue weighted by atomic mass is 10.0. The number of pyridine rings is 1. The topological polar surface area (TPSA) is 39.0 Å². The van der Waals surface area contributed by atoms with E-state index in [0.717, 1.165) is 42.9 Å². The number of nitrogens with one attached hydrogen (secondary N) is 1. The molecule has 32 heavy (non-hydrogen) atoms. The molecule has 164 valence electrons. The first-order valence-electron chi connectivity index (χ1n) is 10.6. The van der Waals surface area contributed by atoms with Crippen molar-refractivity contribution in [2.24, 2.45) is 7.05 Å². The predicted molar refractivity (Wildman–Crippen MR) is 119 cm³/mol. The van der Waals surface area contributed by atoms with Crippen LogP contribution in [0.15, 0.2) is 65.6 Å². The van der Waals surface area contributed by atoms with Crippen molar-refractivity contribution in [1.82, 2.24) is 14.5 Å². The van der Waals surface area contributed by atoms with Crippen LogP contribution in [0.4, 0.5) is 13.2 Å². The molecule has 0 saturated carbocycles. The van der Waals surface area contributed by atoms with Crippen molar-refractivity contribution in [2.45, 2.75) is 25.6 Å². The Kier molecular flexibility index (Phi) is 4.93. The second-order valence-corrected chi connectivity index (χ2v) is 8.11. The first-order valence-corrected chi connectivity index (χ1v) is 10.6. The van der Waals surface area contributed by atoms with Gasteiger partial charge in [-0.1, -0.05) is 24.3 Å². The number of aromatic nitrogens is 2. The summed E-state index contributed by atoms with van der Waals surface area (Å²) in [6.07, 6.45) is -0.910. The highest BCUT2D eigenvalue weighted by Crippen LogP contribution is 2.36. The van der Waals surface area contributed by atoms with Gasteiger partial charge in [-0.2, -0.15) is 13.2 Å². The van der Waals surface area contributed by atoms with Crippen LogP contribution in [0, 0.1) is 0 Å². The fraction of sp³-hybridized carbons (Fsp3) is 0.240. The maximum absolute atomic E-state index is 13.5. The molecule has 3 heterocycles. The van der Waals surface area contributed by atoms with Crippen LogP contribution in [0.1, 0.15) is 23.2 Å². The number of hydrogen-bond donors (Lipinski definition) is 1. The molecule has 4 nitrogen and oxygen atoms in total. The Hall–Kier alpha value is -3.32. The van der Waals surface area contributed by atoms with Gasteiger partial charge in [-0.15, -0.1) is 0 Å². The molecule has 2 aromatic heterocycles. The van der Waals surface area contributed by atoms with Gasteiger partial charge in [-0.05, 0) is 60.8 Å². The van der Waals surface area contributed by atoms with Gasteiger partial charge >= 0.3 is 6.18 Å². The first-order chi connectivity index (χ1) is 15.4. The van der Waals surface area contributed by atoms with Gasteiger partial charge in [0.1, 0.15) is 0 Å². The zero-order chi connectivity index (χ0) is 22.5. The van der Waals surface area contributed by atoms with Crippen LogP contribution in [0.2, 0.25) is 0 Å². The van der Waals surface area contributed by atoms with Gasteiger partial charge in [0.25, 0.3) is 5.56 Å². The molecule has 0 atom stereocenters. The van der Waals surface area contributed by atoms with E-state index in [9.17, 15) is 18.0 Å². The molecule has 0 aliphatic carbocycles. The highest BCUT2D eigenvalue weighted by atomic mass is 19.4. The molecule has 0 bridgehead atoms. The summed E-state index contributed by atoms with van der Waals surface area (Å²) in [5.74, 6) is 0. The summed E-state index contributed by atoms with van der Waals surface area (Å²) in [6, 6.07) is 14.0. The van der Waals surface area contributed by atoms with Crippen LogP contribution in [0.3, 0.4) is 0 Å². The number of benzene rings is 2. The van der Waals surface area contributed by atoms with Crippen molar-refractivity contribution < 1.29 is 13.2 Å². The minimum absolute atomic E-state index is 0.0207. The minimum Gasteiger partial charge on any atom is -0.347 e. The van der Waals surface area contributed by atoms with Gasteiger partial charge in [-0.25, -0.2) is 0 Å². The number of halogens is 3. The SMILES string of the molecule is Cn1c2c(c3ccc(-n4cccc(-c5ccccc5C(F)(F)F)c4=O)cc31)CNCCC2. The van der Waals surface area contributed by atoms with Gasteiger partial charge in [0.15, 0.2) is 0 Å². The summed E-state index contributed by atoms with van der Waals surface area (Å²) >= 11 is 0. The third kappa shape index (κ3) is 3.33. The number of nitrogens with zero attached hydrogens (tertiary/aromatic N) is 2. The third-order valence-electron chi connectivity index (χ3n) is 6.24. The maximum Gasteiger partial charge on any atom is 0.417 e. The van der Waals surface area contributed by atoms with E-state index >= 15 is 0 Å². The smallest absolute Gasteiger partial charge is 0.347 e. The monoisotopic (exact) mass is 437 g/mol. The lowest BCUT2D eigenvalue weighted by Crippen LogP contribution is -2.20.